The molecule has 1 N–H and O–H groups in total. The quantitative estimate of drug-likeness (QED) is 0.781. The predicted molar refractivity (Wildman–Crippen MR) is 78.1 cm³/mol. The van der Waals surface area contributed by atoms with Crippen LogP contribution < -0.4 is 0 Å². The average molecular weight is 291 g/mol. The van der Waals surface area contributed by atoms with Crippen molar-refractivity contribution >= 4 is 11.9 Å². The lowest BCUT2D eigenvalue weighted by molar-refractivity contribution is -0.149. The molecule has 114 valence electrons. The number of carboxylic acids is 1. The van der Waals surface area contributed by atoms with Gasteiger partial charge in [-0.25, -0.2) is 4.79 Å². The van der Waals surface area contributed by atoms with Crippen molar-refractivity contribution in [2.45, 2.75) is 45.3 Å². The summed E-state index contributed by atoms with van der Waals surface area (Å²) in [6.07, 6.45) is 2.19. The number of benzene rings is 1. The summed E-state index contributed by atoms with van der Waals surface area (Å²) in [5.41, 5.74) is 1.28. The number of nitrogens with zero attached hydrogens (tertiary/aromatic N) is 1. The number of esters is 1. The summed E-state index contributed by atoms with van der Waals surface area (Å²) in [5, 5.41) is 8.90. The van der Waals surface area contributed by atoms with Gasteiger partial charge in [0, 0.05) is 12.6 Å². The molecule has 0 aromatic heterocycles. The number of ether oxygens (including phenoxy) is 1. The van der Waals surface area contributed by atoms with E-state index in [4.69, 9.17) is 9.84 Å². The molecule has 0 heterocycles. The number of carbonyl (C=O) groups excluding carboxylic acids is 1. The summed E-state index contributed by atoms with van der Waals surface area (Å²) in [4.78, 5) is 24.9. The topological polar surface area (TPSA) is 66.8 Å². The van der Waals surface area contributed by atoms with Crippen LogP contribution in [-0.2, 0) is 16.1 Å². The molecule has 0 amide bonds. The van der Waals surface area contributed by atoms with Crippen molar-refractivity contribution in [3.8, 4) is 0 Å². The third-order valence-electron chi connectivity index (χ3n) is 3.71. The van der Waals surface area contributed by atoms with E-state index in [9.17, 15) is 9.59 Å². The molecule has 1 unspecified atom stereocenters. The zero-order valence-electron chi connectivity index (χ0n) is 12.4. The van der Waals surface area contributed by atoms with Crippen LogP contribution in [0.2, 0.25) is 0 Å². The summed E-state index contributed by atoms with van der Waals surface area (Å²) >= 11 is 0. The van der Waals surface area contributed by atoms with E-state index in [0.717, 1.165) is 18.4 Å². The molecule has 1 aromatic rings. The highest BCUT2D eigenvalue weighted by atomic mass is 16.5. The first-order valence-corrected chi connectivity index (χ1v) is 7.27. The Hall–Kier alpha value is -1.88. The van der Waals surface area contributed by atoms with Crippen LogP contribution in [0.4, 0.5) is 0 Å². The van der Waals surface area contributed by atoms with E-state index in [-0.39, 0.29) is 17.6 Å². The van der Waals surface area contributed by atoms with E-state index in [1.807, 2.05) is 6.92 Å². The maximum absolute atomic E-state index is 11.9. The van der Waals surface area contributed by atoms with Crippen molar-refractivity contribution in [2.75, 3.05) is 6.61 Å². The van der Waals surface area contributed by atoms with Gasteiger partial charge in [0.15, 0.2) is 0 Å². The molecule has 0 radical (unpaired) electrons. The molecule has 1 saturated carbocycles. The van der Waals surface area contributed by atoms with Crippen LogP contribution in [0.15, 0.2) is 24.3 Å². The van der Waals surface area contributed by atoms with E-state index < -0.39 is 5.97 Å². The largest absolute Gasteiger partial charge is 0.478 e. The molecule has 0 saturated heterocycles. The van der Waals surface area contributed by atoms with E-state index >= 15 is 0 Å². The monoisotopic (exact) mass is 291 g/mol. The van der Waals surface area contributed by atoms with Crippen LogP contribution >= 0.6 is 0 Å². The lowest BCUT2D eigenvalue weighted by Crippen LogP contribution is -2.41. The molecule has 1 aromatic carbocycles. The van der Waals surface area contributed by atoms with E-state index in [1.165, 1.54) is 0 Å². The Bertz CT molecular complexity index is 508. The molecule has 21 heavy (non-hydrogen) atoms. The maximum Gasteiger partial charge on any atom is 0.335 e. The highest BCUT2D eigenvalue weighted by Crippen LogP contribution is 2.30. The highest BCUT2D eigenvalue weighted by molar-refractivity contribution is 5.87. The Labute approximate surface area is 124 Å². The van der Waals surface area contributed by atoms with Gasteiger partial charge in [0.25, 0.3) is 0 Å². The Kier molecular flexibility index (Phi) is 4.96. The number of hydrogen-bond acceptors (Lipinski definition) is 4. The fraction of sp³-hybridized carbons (Fsp3) is 0.500. The van der Waals surface area contributed by atoms with Crippen LogP contribution in [0, 0.1) is 0 Å². The molecule has 1 aliphatic rings. The van der Waals surface area contributed by atoms with E-state index in [2.05, 4.69) is 4.90 Å². The van der Waals surface area contributed by atoms with Gasteiger partial charge in [-0.3, -0.25) is 9.69 Å². The van der Waals surface area contributed by atoms with Crippen molar-refractivity contribution < 1.29 is 19.4 Å². The summed E-state index contributed by atoms with van der Waals surface area (Å²) in [5.74, 6) is -1.13. The molecule has 0 bridgehead atoms. The number of aromatic carboxylic acids is 1. The number of rotatable bonds is 7. The molecular weight excluding hydrogens is 270 g/mol. The van der Waals surface area contributed by atoms with E-state index in [1.54, 1.807) is 31.2 Å². The van der Waals surface area contributed by atoms with E-state index in [0.29, 0.717) is 19.2 Å². The first-order valence-electron chi connectivity index (χ1n) is 7.27. The van der Waals surface area contributed by atoms with Crippen LogP contribution in [0.5, 0.6) is 0 Å². The zero-order valence-corrected chi connectivity index (χ0v) is 12.4. The highest BCUT2D eigenvalue weighted by Gasteiger charge is 2.35. The third kappa shape index (κ3) is 4.04. The van der Waals surface area contributed by atoms with Gasteiger partial charge in [-0.1, -0.05) is 12.1 Å². The Morgan fingerprint density at radius 2 is 1.95 bits per heavy atom. The van der Waals surface area contributed by atoms with Crippen LogP contribution in [0.1, 0.15) is 42.6 Å². The lowest BCUT2D eigenvalue weighted by Gasteiger charge is -2.27. The molecule has 1 aliphatic carbocycles. The second kappa shape index (κ2) is 6.72. The van der Waals surface area contributed by atoms with Gasteiger partial charge >= 0.3 is 11.9 Å². The minimum absolute atomic E-state index is 0.202. The van der Waals surface area contributed by atoms with Crippen molar-refractivity contribution in [3.05, 3.63) is 35.4 Å². The van der Waals surface area contributed by atoms with Crippen molar-refractivity contribution in [1.82, 2.24) is 4.90 Å². The van der Waals surface area contributed by atoms with Gasteiger partial charge in [0.1, 0.15) is 6.04 Å². The fourth-order valence-corrected chi connectivity index (χ4v) is 2.35. The molecule has 5 nitrogen and oxygen atoms in total. The molecule has 1 atom stereocenters. The maximum atomic E-state index is 11.9. The molecular formula is C16H21NO4. The van der Waals surface area contributed by atoms with Crippen molar-refractivity contribution in [2.24, 2.45) is 0 Å². The Morgan fingerprint density at radius 1 is 1.33 bits per heavy atom. The number of hydrogen-bond donors (Lipinski definition) is 1. The molecule has 2 rings (SSSR count). The SMILES string of the molecule is CCOC(=O)C(C)N(Cc1ccc(C(=O)O)cc1)C1CC1. The summed E-state index contributed by atoms with van der Waals surface area (Å²) in [6.45, 7) is 4.68. The van der Waals surface area contributed by atoms with Gasteiger partial charge in [0.2, 0.25) is 0 Å². The number of carbonyl (C=O) groups is 2. The normalized spacial score (nSPS) is 15.8. The fourth-order valence-electron chi connectivity index (χ4n) is 2.35. The minimum atomic E-state index is -0.930. The standard InChI is InChI=1S/C16H21NO4/c1-3-21-16(20)11(2)17(14-8-9-14)10-12-4-6-13(7-5-12)15(18)19/h4-7,11,14H,3,8-10H2,1-2H3,(H,18,19). The van der Waals surface area contributed by atoms with Gasteiger partial charge in [-0.05, 0) is 44.4 Å². The Morgan fingerprint density at radius 3 is 2.43 bits per heavy atom. The summed E-state index contributed by atoms with van der Waals surface area (Å²) in [6, 6.07) is 6.93. The second-order valence-electron chi connectivity index (χ2n) is 5.33. The van der Waals surface area contributed by atoms with Crippen molar-refractivity contribution in [3.63, 3.8) is 0 Å². The smallest absolute Gasteiger partial charge is 0.335 e. The second-order valence-corrected chi connectivity index (χ2v) is 5.33. The number of carboxylic acid groups (broad SMARTS) is 1. The zero-order chi connectivity index (χ0) is 15.4. The molecule has 0 spiro atoms. The van der Waals surface area contributed by atoms with Crippen LogP contribution in [0.3, 0.4) is 0 Å². The lowest BCUT2D eigenvalue weighted by atomic mass is 10.1. The van der Waals surface area contributed by atoms with Crippen molar-refractivity contribution in [1.29, 1.82) is 0 Å². The minimum Gasteiger partial charge on any atom is -0.478 e. The van der Waals surface area contributed by atoms with Gasteiger partial charge < -0.3 is 9.84 Å². The first kappa shape index (κ1) is 15.5. The molecule has 1 fully saturated rings. The first-order chi connectivity index (χ1) is 10.0. The summed E-state index contributed by atoms with van der Waals surface area (Å²) < 4.78 is 5.09. The predicted octanol–water partition coefficient (Wildman–Crippen LogP) is 2.30. The Balaban J connectivity index is 2.05. The van der Waals surface area contributed by atoms with Crippen LogP contribution in [0.25, 0.3) is 0 Å². The third-order valence-corrected chi connectivity index (χ3v) is 3.71. The summed E-state index contributed by atoms with van der Waals surface area (Å²) in [7, 11) is 0. The average Bonchev–Trinajstić information content (AvgIpc) is 3.29. The van der Waals surface area contributed by atoms with Gasteiger partial charge in [-0.15, -0.1) is 0 Å². The van der Waals surface area contributed by atoms with Gasteiger partial charge in [0.05, 0.1) is 12.2 Å². The molecule has 0 aliphatic heterocycles. The van der Waals surface area contributed by atoms with Gasteiger partial charge in [-0.2, -0.15) is 0 Å². The molecule has 5 heteroatoms. The van der Waals surface area contributed by atoms with Crippen LogP contribution in [-0.4, -0.2) is 40.6 Å².